The first-order chi connectivity index (χ1) is 9.56. The van der Waals surface area contributed by atoms with Crippen LogP contribution in [0.3, 0.4) is 0 Å². The van der Waals surface area contributed by atoms with Gasteiger partial charge in [-0.05, 0) is 32.9 Å². The molecule has 0 radical (unpaired) electrons. The standard InChI is InChI=1S/C15H20N2O3/c1-5-20-15(18)9-14-16-12-8-11(19-4)6-7-13(12)17(14)10(2)3/h6-8,10H,5,9H2,1-4H3. The van der Waals surface area contributed by atoms with Crippen molar-refractivity contribution in [1.82, 2.24) is 9.55 Å². The number of hydrogen-bond donors (Lipinski definition) is 0. The summed E-state index contributed by atoms with van der Waals surface area (Å²) >= 11 is 0. The van der Waals surface area contributed by atoms with Crippen LogP contribution in [0.5, 0.6) is 5.75 Å². The van der Waals surface area contributed by atoms with Gasteiger partial charge in [0.2, 0.25) is 0 Å². The van der Waals surface area contributed by atoms with Gasteiger partial charge >= 0.3 is 5.97 Å². The highest BCUT2D eigenvalue weighted by atomic mass is 16.5. The molecule has 5 heteroatoms. The summed E-state index contributed by atoms with van der Waals surface area (Å²) in [6.07, 6.45) is 0.184. The average Bonchev–Trinajstić information content (AvgIpc) is 2.75. The molecule has 108 valence electrons. The van der Waals surface area contributed by atoms with E-state index in [1.54, 1.807) is 14.0 Å². The lowest BCUT2D eigenvalue weighted by atomic mass is 10.2. The van der Waals surface area contributed by atoms with Gasteiger partial charge in [-0.2, -0.15) is 0 Å². The Morgan fingerprint density at radius 3 is 2.75 bits per heavy atom. The molecule has 0 unspecified atom stereocenters. The lowest BCUT2D eigenvalue weighted by Gasteiger charge is -2.12. The van der Waals surface area contributed by atoms with Crippen LogP contribution in [-0.2, 0) is 16.0 Å². The lowest BCUT2D eigenvalue weighted by Crippen LogP contribution is -2.14. The minimum Gasteiger partial charge on any atom is -0.497 e. The van der Waals surface area contributed by atoms with Gasteiger partial charge in [0, 0.05) is 12.1 Å². The van der Waals surface area contributed by atoms with E-state index in [0.29, 0.717) is 6.61 Å². The Hall–Kier alpha value is -2.04. The largest absolute Gasteiger partial charge is 0.497 e. The fraction of sp³-hybridized carbons (Fsp3) is 0.467. The molecule has 0 aliphatic heterocycles. The molecule has 0 atom stereocenters. The Morgan fingerprint density at radius 1 is 1.40 bits per heavy atom. The Morgan fingerprint density at radius 2 is 2.15 bits per heavy atom. The van der Waals surface area contributed by atoms with Crippen molar-refractivity contribution in [2.75, 3.05) is 13.7 Å². The maximum absolute atomic E-state index is 11.7. The maximum Gasteiger partial charge on any atom is 0.313 e. The van der Waals surface area contributed by atoms with Gasteiger partial charge in [0.25, 0.3) is 0 Å². The highest BCUT2D eigenvalue weighted by Gasteiger charge is 2.17. The first kappa shape index (κ1) is 14.4. The van der Waals surface area contributed by atoms with Crippen molar-refractivity contribution >= 4 is 17.0 Å². The molecule has 0 aliphatic rings. The zero-order valence-electron chi connectivity index (χ0n) is 12.3. The Labute approximate surface area is 118 Å². The molecule has 5 nitrogen and oxygen atoms in total. The molecule has 0 saturated heterocycles. The fourth-order valence-electron chi connectivity index (χ4n) is 2.30. The van der Waals surface area contributed by atoms with Crippen LogP contribution in [0.25, 0.3) is 11.0 Å². The van der Waals surface area contributed by atoms with Gasteiger partial charge in [0.1, 0.15) is 18.0 Å². The predicted octanol–water partition coefficient (Wildman–Crippen LogP) is 2.73. The zero-order valence-corrected chi connectivity index (χ0v) is 12.3. The number of esters is 1. The zero-order chi connectivity index (χ0) is 14.7. The van der Waals surface area contributed by atoms with E-state index in [4.69, 9.17) is 9.47 Å². The number of rotatable bonds is 5. The Balaban J connectivity index is 2.47. The quantitative estimate of drug-likeness (QED) is 0.788. The summed E-state index contributed by atoms with van der Waals surface area (Å²) in [6, 6.07) is 5.97. The monoisotopic (exact) mass is 276 g/mol. The first-order valence-corrected chi connectivity index (χ1v) is 6.77. The van der Waals surface area contributed by atoms with E-state index in [0.717, 1.165) is 22.6 Å². The van der Waals surface area contributed by atoms with E-state index in [9.17, 15) is 4.79 Å². The summed E-state index contributed by atoms with van der Waals surface area (Å²) in [5.41, 5.74) is 1.83. The Bertz CT molecular complexity index is 617. The van der Waals surface area contributed by atoms with E-state index < -0.39 is 0 Å². The summed E-state index contributed by atoms with van der Waals surface area (Å²) < 4.78 is 12.3. The third kappa shape index (κ3) is 2.76. The minimum absolute atomic E-state index is 0.184. The van der Waals surface area contributed by atoms with Crippen LogP contribution < -0.4 is 4.74 Å². The van der Waals surface area contributed by atoms with Crippen LogP contribution >= 0.6 is 0 Å². The van der Waals surface area contributed by atoms with Crippen molar-refractivity contribution in [1.29, 1.82) is 0 Å². The highest BCUT2D eigenvalue weighted by molar-refractivity contribution is 5.80. The van der Waals surface area contributed by atoms with Crippen molar-refractivity contribution in [3.05, 3.63) is 24.0 Å². The molecular formula is C15H20N2O3. The Kier molecular flexibility index (Phi) is 4.27. The van der Waals surface area contributed by atoms with Gasteiger partial charge in [0.05, 0.1) is 24.8 Å². The number of nitrogens with zero attached hydrogens (tertiary/aromatic N) is 2. The summed E-state index contributed by atoms with van der Waals surface area (Å²) in [6.45, 7) is 6.32. The van der Waals surface area contributed by atoms with Gasteiger partial charge in [-0.15, -0.1) is 0 Å². The van der Waals surface area contributed by atoms with Gasteiger partial charge < -0.3 is 14.0 Å². The van der Waals surface area contributed by atoms with E-state index in [2.05, 4.69) is 23.4 Å². The van der Waals surface area contributed by atoms with Crippen molar-refractivity contribution in [2.24, 2.45) is 0 Å². The number of ether oxygens (including phenoxy) is 2. The van der Waals surface area contributed by atoms with E-state index in [1.807, 2.05) is 18.2 Å². The molecule has 20 heavy (non-hydrogen) atoms. The SMILES string of the molecule is CCOC(=O)Cc1nc2cc(OC)ccc2n1C(C)C. The summed E-state index contributed by atoms with van der Waals surface area (Å²) in [5, 5.41) is 0. The molecule has 2 rings (SSSR count). The van der Waals surface area contributed by atoms with Gasteiger partial charge in [-0.3, -0.25) is 4.79 Å². The third-order valence-electron chi connectivity index (χ3n) is 3.09. The smallest absolute Gasteiger partial charge is 0.313 e. The number of carbonyl (C=O) groups is 1. The van der Waals surface area contributed by atoms with E-state index in [-0.39, 0.29) is 18.4 Å². The second-order valence-corrected chi connectivity index (χ2v) is 4.83. The topological polar surface area (TPSA) is 53.4 Å². The molecule has 0 N–H and O–H groups in total. The van der Waals surface area contributed by atoms with Crippen LogP contribution in [-0.4, -0.2) is 29.2 Å². The molecule has 2 aromatic rings. The first-order valence-electron chi connectivity index (χ1n) is 6.77. The van der Waals surface area contributed by atoms with Gasteiger partial charge in [-0.25, -0.2) is 4.98 Å². The van der Waals surface area contributed by atoms with Crippen molar-refractivity contribution < 1.29 is 14.3 Å². The molecule has 0 bridgehead atoms. The van der Waals surface area contributed by atoms with E-state index in [1.165, 1.54) is 0 Å². The molecule has 1 aromatic heterocycles. The van der Waals surface area contributed by atoms with Crippen molar-refractivity contribution in [3.63, 3.8) is 0 Å². The normalized spacial score (nSPS) is 11.1. The lowest BCUT2D eigenvalue weighted by molar-refractivity contribution is -0.142. The number of methoxy groups -OCH3 is 1. The van der Waals surface area contributed by atoms with Gasteiger partial charge in [-0.1, -0.05) is 0 Å². The molecule has 1 heterocycles. The van der Waals surface area contributed by atoms with Crippen LogP contribution in [0.15, 0.2) is 18.2 Å². The number of fused-ring (bicyclic) bond motifs is 1. The maximum atomic E-state index is 11.7. The molecule has 0 amide bonds. The predicted molar refractivity (Wildman–Crippen MR) is 77.0 cm³/mol. The summed E-state index contributed by atoms with van der Waals surface area (Å²) in [4.78, 5) is 16.2. The second-order valence-electron chi connectivity index (χ2n) is 4.83. The fourth-order valence-corrected chi connectivity index (χ4v) is 2.30. The van der Waals surface area contributed by atoms with Crippen LogP contribution in [0.4, 0.5) is 0 Å². The second kappa shape index (κ2) is 5.94. The molecular weight excluding hydrogens is 256 g/mol. The van der Waals surface area contributed by atoms with Crippen LogP contribution in [0.2, 0.25) is 0 Å². The number of aromatic nitrogens is 2. The average molecular weight is 276 g/mol. The minimum atomic E-state index is -0.253. The number of hydrogen-bond acceptors (Lipinski definition) is 4. The number of imidazole rings is 1. The molecule has 0 spiro atoms. The molecule has 1 aromatic carbocycles. The van der Waals surface area contributed by atoms with Crippen molar-refractivity contribution in [2.45, 2.75) is 33.2 Å². The highest BCUT2D eigenvalue weighted by Crippen LogP contribution is 2.25. The number of carbonyl (C=O) groups excluding carboxylic acids is 1. The summed E-state index contributed by atoms with van der Waals surface area (Å²) in [7, 11) is 1.63. The number of benzene rings is 1. The molecule has 0 fully saturated rings. The molecule has 0 aliphatic carbocycles. The third-order valence-corrected chi connectivity index (χ3v) is 3.09. The van der Waals surface area contributed by atoms with Crippen LogP contribution in [0.1, 0.15) is 32.6 Å². The van der Waals surface area contributed by atoms with E-state index >= 15 is 0 Å². The van der Waals surface area contributed by atoms with Crippen molar-refractivity contribution in [3.8, 4) is 5.75 Å². The molecule has 0 saturated carbocycles. The van der Waals surface area contributed by atoms with Gasteiger partial charge in [0.15, 0.2) is 0 Å². The van der Waals surface area contributed by atoms with Crippen LogP contribution in [0, 0.1) is 0 Å². The summed E-state index contributed by atoms with van der Waals surface area (Å²) in [5.74, 6) is 1.23.